The summed E-state index contributed by atoms with van der Waals surface area (Å²) in [4.78, 5) is 19.7. The Labute approximate surface area is 170 Å². The second-order valence-corrected chi connectivity index (χ2v) is 7.66. The Balaban J connectivity index is 1.58. The highest BCUT2D eigenvalue weighted by Gasteiger charge is 2.35. The molecule has 2 unspecified atom stereocenters. The Hall–Kier alpha value is -3.40. The summed E-state index contributed by atoms with van der Waals surface area (Å²) >= 11 is 0. The number of aromatic nitrogens is 2. The molecule has 2 heterocycles. The van der Waals surface area contributed by atoms with Crippen molar-refractivity contribution in [3.8, 4) is 0 Å². The maximum absolute atomic E-state index is 12.8. The van der Waals surface area contributed by atoms with Gasteiger partial charge in [-0.2, -0.15) is 0 Å². The van der Waals surface area contributed by atoms with Crippen LogP contribution in [0.15, 0.2) is 84.9 Å². The fraction of sp³-hybridized carbons (Fsp3) is 0.200. The number of anilines is 1. The highest BCUT2D eigenvalue weighted by atomic mass is 16.2. The molecule has 0 bridgehead atoms. The van der Waals surface area contributed by atoms with Gasteiger partial charge >= 0.3 is 0 Å². The lowest BCUT2D eigenvalue weighted by Crippen LogP contribution is -2.24. The van der Waals surface area contributed by atoms with Gasteiger partial charge in [0.25, 0.3) is 0 Å². The molecule has 144 valence electrons. The van der Waals surface area contributed by atoms with Crippen molar-refractivity contribution in [1.29, 1.82) is 0 Å². The molecular weight excluding hydrogens is 358 g/mol. The molecule has 0 N–H and O–H groups in total. The summed E-state index contributed by atoms with van der Waals surface area (Å²) in [5.41, 5.74) is 4.29. The molecule has 2 atom stereocenters. The molecule has 4 nitrogen and oxygen atoms in total. The number of hydrogen-bond donors (Lipinski definition) is 0. The summed E-state index contributed by atoms with van der Waals surface area (Å²) in [6, 6.07) is 28.8. The quantitative estimate of drug-likeness (QED) is 0.489. The van der Waals surface area contributed by atoms with E-state index in [1.54, 1.807) is 0 Å². The zero-order chi connectivity index (χ0) is 19.8. The standard InChI is InChI=1S/C25H23N3O/c1-18(19-10-4-2-5-11-19)28-23-15-9-8-14-22(23)26-25(28)20-16-24(29)27(17-20)21-12-6-3-7-13-21/h2-15,18,20H,16-17H2,1H3. The smallest absolute Gasteiger partial charge is 0.227 e. The maximum atomic E-state index is 12.8. The van der Waals surface area contributed by atoms with Gasteiger partial charge in [-0.15, -0.1) is 0 Å². The fourth-order valence-corrected chi connectivity index (χ4v) is 4.38. The zero-order valence-electron chi connectivity index (χ0n) is 16.4. The van der Waals surface area contributed by atoms with Crippen molar-refractivity contribution in [2.75, 3.05) is 11.4 Å². The first-order chi connectivity index (χ1) is 14.2. The van der Waals surface area contributed by atoms with Crippen LogP contribution in [0.25, 0.3) is 11.0 Å². The van der Waals surface area contributed by atoms with E-state index >= 15 is 0 Å². The van der Waals surface area contributed by atoms with Crippen LogP contribution in [0.4, 0.5) is 5.69 Å². The molecule has 1 fully saturated rings. The number of benzene rings is 3. The first kappa shape index (κ1) is 17.7. The number of hydrogen-bond acceptors (Lipinski definition) is 2. The van der Waals surface area contributed by atoms with E-state index in [0.29, 0.717) is 13.0 Å². The van der Waals surface area contributed by atoms with Gasteiger partial charge < -0.3 is 9.47 Å². The van der Waals surface area contributed by atoms with Crippen molar-refractivity contribution >= 4 is 22.6 Å². The topological polar surface area (TPSA) is 38.1 Å². The van der Waals surface area contributed by atoms with Crippen LogP contribution in [0.3, 0.4) is 0 Å². The Morgan fingerprint density at radius 2 is 1.55 bits per heavy atom. The second-order valence-electron chi connectivity index (χ2n) is 7.66. The SMILES string of the molecule is CC(c1ccccc1)n1c(C2CC(=O)N(c3ccccc3)C2)nc2ccccc21. The van der Waals surface area contributed by atoms with Gasteiger partial charge in [0.2, 0.25) is 5.91 Å². The van der Waals surface area contributed by atoms with E-state index in [-0.39, 0.29) is 17.9 Å². The monoisotopic (exact) mass is 381 g/mol. The van der Waals surface area contributed by atoms with Crippen molar-refractivity contribution in [3.05, 3.63) is 96.3 Å². The predicted molar refractivity (Wildman–Crippen MR) is 116 cm³/mol. The lowest BCUT2D eigenvalue weighted by atomic mass is 10.0. The van der Waals surface area contributed by atoms with Crippen LogP contribution < -0.4 is 4.90 Å². The normalized spacial score (nSPS) is 17.8. The fourth-order valence-electron chi connectivity index (χ4n) is 4.38. The molecule has 1 aromatic heterocycles. The van der Waals surface area contributed by atoms with E-state index in [1.807, 2.05) is 47.4 Å². The number of para-hydroxylation sites is 3. The van der Waals surface area contributed by atoms with Crippen LogP contribution in [0.2, 0.25) is 0 Å². The number of imidazole rings is 1. The summed E-state index contributed by atoms with van der Waals surface area (Å²) in [7, 11) is 0. The maximum Gasteiger partial charge on any atom is 0.227 e. The zero-order valence-corrected chi connectivity index (χ0v) is 16.4. The Bertz CT molecular complexity index is 1150. The molecule has 1 saturated heterocycles. The molecular formula is C25H23N3O. The molecule has 4 aromatic rings. The number of nitrogens with zero attached hydrogens (tertiary/aromatic N) is 3. The first-order valence-electron chi connectivity index (χ1n) is 10.1. The third-order valence-corrected chi connectivity index (χ3v) is 5.85. The third kappa shape index (κ3) is 3.11. The van der Waals surface area contributed by atoms with Gasteiger partial charge in [-0.1, -0.05) is 60.7 Å². The van der Waals surface area contributed by atoms with E-state index in [0.717, 1.165) is 22.5 Å². The van der Waals surface area contributed by atoms with Gasteiger partial charge in [-0.3, -0.25) is 4.79 Å². The number of fused-ring (bicyclic) bond motifs is 1. The molecule has 0 spiro atoms. The van der Waals surface area contributed by atoms with Gasteiger partial charge in [0, 0.05) is 24.6 Å². The largest absolute Gasteiger partial charge is 0.320 e. The third-order valence-electron chi connectivity index (χ3n) is 5.85. The lowest BCUT2D eigenvalue weighted by Gasteiger charge is -2.21. The predicted octanol–water partition coefficient (Wildman–Crippen LogP) is 5.17. The average Bonchev–Trinajstić information content (AvgIpc) is 3.35. The van der Waals surface area contributed by atoms with E-state index in [9.17, 15) is 4.79 Å². The molecule has 0 aliphatic carbocycles. The van der Waals surface area contributed by atoms with Crippen LogP contribution in [-0.2, 0) is 4.79 Å². The van der Waals surface area contributed by atoms with Crippen molar-refractivity contribution in [2.45, 2.75) is 25.3 Å². The van der Waals surface area contributed by atoms with E-state index in [1.165, 1.54) is 5.56 Å². The summed E-state index contributed by atoms with van der Waals surface area (Å²) in [6.45, 7) is 2.87. The summed E-state index contributed by atoms with van der Waals surface area (Å²) < 4.78 is 2.32. The Kier molecular flexibility index (Phi) is 4.39. The molecule has 1 aliphatic heterocycles. The van der Waals surface area contributed by atoms with Gasteiger partial charge in [0.1, 0.15) is 5.82 Å². The van der Waals surface area contributed by atoms with Crippen LogP contribution in [0.1, 0.15) is 36.7 Å². The molecule has 0 saturated carbocycles. The number of carbonyl (C=O) groups is 1. The van der Waals surface area contributed by atoms with E-state index < -0.39 is 0 Å². The van der Waals surface area contributed by atoms with Crippen LogP contribution >= 0.6 is 0 Å². The number of carbonyl (C=O) groups excluding carboxylic acids is 1. The summed E-state index contributed by atoms with van der Waals surface area (Å²) in [5, 5.41) is 0. The minimum Gasteiger partial charge on any atom is -0.320 e. The summed E-state index contributed by atoms with van der Waals surface area (Å²) in [5.74, 6) is 1.22. The first-order valence-corrected chi connectivity index (χ1v) is 10.1. The van der Waals surface area contributed by atoms with E-state index in [2.05, 4.69) is 54.0 Å². The molecule has 3 aromatic carbocycles. The van der Waals surface area contributed by atoms with E-state index in [4.69, 9.17) is 4.98 Å². The average molecular weight is 381 g/mol. The van der Waals surface area contributed by atoms with Gasteiger partial charge in [0.05, 0.1) is 17.1 Å². The molecule has 1 amide bonds. The molecule has 5 rings (SSSR count). The molecule has 29 heavy (non-hydrogen) atoms. The molecule has 0 radical (unpaired) electrons. The van der Waals surface area contributed by atoms with Crippen LogP contribution in [0, 0.1) is 0 Å². The highest BCUT2D eigenvalue weighted by Crippen LogP contribution is 2.35. The van der Waals surface area contributed by atoms with Gasteiger partial charge in [-0.05, 0) is 36.8 Å². The number of amides is 1. The van der Waals surface area contributed by atoms with Gasteiger partial charge in [-0.25, -0.2) is 4.98 Å². The number of rotatable bonds is 4. The Morgan fingerprint density at radius 3 is 2.31 bits per heavy atom. The van der Waals surface area contributed by atoms with Crippen LogP contribution in [0.5, 0.6) is 0 Å². The van der Waals surface area contributed by atoms with Gasteiger partial charge in [0.15, 0.2) is 0 Å². The lowest BCUT2D eigenvalue weighted by molar-refractivity contribution is -0.117. The molecule has 1 aliphatic rings. The van der Waals surface area contributed by atoms with Crippen molar-refractivity contribution in [1.82, 2.24) is 9.55 Å². The van der Waals surface area contributed by atoms with Crippen molar-refractivity contribution in [2.24, 2.45) is 0 Å². The minimum atomic E-state index is 0.0706. The highest BCUT2D eigenvalue weighted by molar-refractivity contribution is 5.96. The van der Waals surface area contributed by atoms with Crippen molar-refractivity contribution < 1.29 is 4.79 Å². The van der Waals surface area contributed by atoms with Crippen molar-refractivity contribution in [3.63, 3.8) is 0 Å². The Morgan fingerprint density at radius 1 is 0.897 bits per heavy atom. The minimum absolute atomic E-state index is 0.0706. The van der Waals surface area contributed by atoms with Crippen LogP contribution in [-0.4, -0.2) is 22.0 Å². The molecule has 4 heteroatoms. The summed E-state index contributed by atoms with van der Waals surface area (Å²) in [6.07, 6.45) is 0.486. The second kappa shape index (κ2) is 7.21.